The van der Waals surface area contributed by atoms with E-state index in [9.17, 15) is 13.2 Å². The number of carbonyl (C=O) groups excluding carboxylic acids is 1. The quantitative estimate of drug-likeness (QED) is 0.758. The molecule has 1 aliphatic heterocycles. The van der Waals surface area contributed by atoms with Gasteiger partial charge in [-0.3, -0.25) is 4.79 Å². The molecule has 5 nitrogen and oxygen atoms in total. The van der Waals surface area contributed by atoms with Crippen LogP contribution in [-0.4, -0.2) is 37.5 Å². The van der Waals surface area contributed by atoms with Crippen molar-refractivity contribution in [1.29, 1.82) is 0 Å². The zero-order chi connectivity index (χ0) is 19.4. The standard InChI is InChI=1S/C20H24N2O3S2/c1-15-5-3-4-14-22(15)27(24,25)19-12-6-16(7-13-19)20(23)21-17-8-10-18(26-2)11-9-17/h6-13,15H,3-5,14H2,1-2H3,(H,21,23). The van der Waals surface area contributed by atoms with Crippen LogP contribution in [0.4, 0.5) is 5.69 Å². The number of hydrogen-bond donors (Lipinski definition) is 1. The van der Waals surface area contributed by atoms with Gasteiger partial charge in [-0.1, -0.05) is 6.42 Å². The third-order valence-corrected chi connectivity index (χ3v) is 7.58. The first-order valence-electron chi connectivity index (χ1n) is 8.99. The fourth-order valence-electron chi connectivity index (χ4n) is 3.22. The second-order valence-electron chi connectivity index (χ2n) is 6.67. The van der Waals surface area contributed by atoms with Gasteiger partial charge in [0, 0.05) is 28.7 Å². The minimum atomic E-state index is -3.52. The summed E-state index contributed by atoms with van der Waals surface area (Å²) in [5.41, 5.74) is 1.13. The van der Waals surface area contributed by atoms with E-state index in [0.717, 1.165) is 24.2 Å². The lowest BCUT2D eigenvalue weighted by Crippen LogP contribution is -2.41. The molecule has 2 aromatic carbocycles. The maximum atomic E-state index is 12.9. The van der Waals surface area contributed by atoms with Gasteiger partial charge >= 0.3 is 0 Å². The second kappa shape index (κ2) is 8.46. The van der Waals surface area contributed by atoms with Crippen molar-refractivity contribution >= 4 is 33.4 Å². The Morgan fingerprint density at radius 1 is 1.07 bits per heavy atom. The van der Waals surface area contributed by atoms with E-state index in [-0.39, 0.29) is 16.8 Å². The zero-order valence-electron chi connectivity index (χ0n) is 15.5. The van der Waals surface area contributed by atoms with E-state index in [1.165, 1.54) is 12.1 Å². The molecular weight excluding hydrogens is 380 g/mol. The highest BCUT2D eigenvalue weighted by atomic mass is 32.2. The van der Waals surface area contributed by atoms with Gasteiger partial charge in [-0.15, -0.1) is 11.8 Å². The van der Waals surface area contributed by atoms with Crippen LogP contribution >= 0.6 is 11.8 Å². The van der Waals surface area contributed by atoms with Crippen molar-refractivity contribution in [2.75, 3.05) is 18.1 Å². The van der Waals surface area contributed by atoms with E-state index >= 15 is 0 Å². The lowest BCUT2D eigenvalue weighted by molar-refractivity contribution is 0.102. The number of nitrogens with one attached hydrogen (secondary N) is 1. The molecule has 0 spiro atoms. The van der Waals surface area contributed by atoms with Gasteiger partial charge in [-0.2, -0.15) is 4.31 Å². The van der Waals surface area contributed by atoms with Crippen molar-refractivity contribution in [3.63, 3.8) is 0 Å². The highest BCUT2D eigenvalue weighted by Crippen LogP contribution is 2.25. The number of hydrogen-bond acceptors (Lipinski definition) is 4. The fraction of sp³-hybridized carbons (Fsp3) is 0.350. The first-order valence-corrected chi connectivity index (χ1v) is 11.7. The molecule has 1 atom stereocenters. The summed E-state index contributed by atoms with van der Waals surface area (Å²) < 4.78 is 27.3. The van der Waals surface area contributed by atoms with Crippen molar-refractivity contribution in [1.82, 2.24) is 4.31 Å². The monoisotopic (exact) mass is 404 g/mol. The Bertz CT molecular complexity index is 894. The number of rotatable bonds is 5. The van der Waals surface area contributed by atoms with Gasteiger partial charge in [0.2, 0.25) is 10.0 Å². The van der Waals surface area contributed by atoms with Gasteiger partial charge in [0.05, 0.1) is 4.90 Å². The summed E-state index contributed by atoms with van der Waals surface area (Å²) in [6.45, 7) is 2.50. The van der Waals surface area contributed by atoms with E-state index in [4.69, 9.17) is 0 Å². The normalized spacial score (nSPS) is 18.2. The highest BCUT2D eigenvalue weighted by molar-refractivity contribution is 7.98. The Balaban J connectivity index is 1.73. The van der Waals surface area contributed by atoms with Gasteiger partial charge in [0.15, 0.2) is 0 Å². The average Bonchev–Trinajstić information content (AvgIpc) is 2.69. The third kappa shape index (κ3) is 4.54. The molecule has 27 heavy (non-hydrogen) atoms. The molecule has 144 valence electrons. The van der Waals surface area contributed by atoms with Crippen LogP contribution < -0.4 is 5.32 Å². The summed E-state index contributed by atoms with van der Waals surface area (Å²) >= 11 is 1.63. The van der Waals surface area contributed by atoms with Crippen molar-refractivity contribution < 1.29 is 13.2 Å². The van der Waals surface area contributed by atoms with E-state index in [1.807, 2.05) is 37.4 Å². The number of piperidine rings is 1. The molecule has 1 heterocycles. The first kappa shape index (κ1) is 19.9. The molecule has 3 rings (SSSR count). The van der Waals surface area contributed by atoms with Crippen LogP contribution in [0.25, 0.3) is 0 Å². The van der Waals surface area contributed by atoms with Gasteiger partial charge < -0.3 is 5.32 Å². The van der Waals surface area contributed by atoms with E-state index in [1.54, 1.807) is 28.2 Å². The lowest BCUT2D eigenvalue weighted by atomic mass is 10.1. The van der Waals surface area contributed by atoms with Gasteiger partial charge in [0.1, 0.15) is 0 Å². The summed E-state index contributed by atoms with van der Waals surface area (Å²) in [5.74, 6) is -0.262. The molecular formula is C20H24N2O3S2. The summed E-state index contributed by atoms with van der Waals surface area (Å²) in [4.78, 5) is 13.8. The van der Waals surface area contributed by atoms with E-state index in [2.05, 4.69) is 5.32 Å². The van der Waals surface area contributed by atoms with E-state index < -0.39 is 10.0 Å². The predicted octanol–water partition coefficient (Wildman–Crippen LogP) is 4.22. The van der Waals surface area contributed by atoms with Crippen molar-refractivity contribution in [2.45, 2.75) is 42.0 Å². The lowest BCUT2D eigenvalue weighted by Gasteiger charge is -2.32. The molecule has 1 aliphatic rings. The molecule has 0 aromatic heterocycles. The third-order valence-electron chi connectivity index (χ3n) is 4.81. The molecule has 0 bridgehead atoms. The number of amides is 1. The maximum Gasteiger partial charge on any atom is 0.255 e. The number of thioether (sulfide) groups is 1. The zero-order valence-corrected chi connectivity index (χ0v) is 17.1. The maximum absolute atomic E-state index is 12.9. The van der Waals surface area contributed by atoms with Gasteiger partial charge in [-0.05, 0) is 74.6 Å². The second-order valence-corrected chi connectivity index (χ2v) is 9.44. The minimum Gasteiger partial charge on any atom is -0.322 e. The summed E-state index contributed by atoms with van der Waals surface area (Å²) in [5, 5.41) is 2.83. The fourth-order valence-corrected chi connectivity index (χ4v) is 5.33. The van der Waals surface area contributed by atoms with Crippen molar-refractivity contribution in [3.05, 3.63) is 54.1 Å². The van der Waals surface area contributed by atoms with E-state index in [0.29, 0.717) is 17.8 Å². The summed E-state index contributed by atoms with van der Waals surface area (Å²) in [7, 11) is -3.52. The Morgan fingerprint density at radius 3 is 2.33 bits per heavy atom. The van der Waals surface area contributed by atoms with Crippen molar-refractivity contribution in [2.24, 2.45) is 0 Å². The summed E-state index contributed by atoms with van der Waals surface area (Å²) in [6, 6.07) is 13.7. The number of carbonyl (C=O) groups is 1. The predicted molar refractivity (Wildman–Crippen MR) is 110 cm³/mol. The number of benzene rings is 2. The molecule has 1 unspecified atom stereocenters. The van der Waals surface area contributed by atoms with Crippen LogP contribution in [-0.2, 0) is 10.0 Å². The molecule has 0 aliphatic carbocycles. The smallest absolute Gasteiger partial charge is 0.255 e. The van der Waals surface area contributed by atoms with Crippen LogP contribution in [0.5, 0.6) is 0 Å². The van der Waals surface area contributed by atoms with Crippen LogP contribution in [0.3, 0.4) is 0 Å². The minimum absolute atomic E-state index is 0.0102. The Labute approximate surface area is 165 Å². The van der Waals surface area contributed by atoms with Gasteiger partial charge in [0.25, 0.3) is 5.91 Å². The molecule has 1 saturated heterocycles. The largest absolute Gasteiger partial charge is 0.322 e. The van der Waals surface area contributed by atoms with Crippen LogP contribution in [0.2, 0.25) is 0 Å². The Morgan fingerprint density at radius 2 is 1.74 bits per heavy atom. The molecule has 1 amide bonds. The Hall–Kier alpha value is -1.83. The first-order chi connectivity index (χ1) is 12.9. The molecule has 7 heteroatoms. The SMILES string of the molecule is CSc1ccc(NC(=O)c2ccc(S(=O)(=O)N3CCCCC3C)cc2)cc1. The topological polar surface area (TPSA) is 66.5 Å². The number of nitrogens with zero attached hydrogens (tertiary/aromatic N) is 1. The molecule has 2 aromatic rings. The molecule has 1 N–H and O–H groups in total. The summed E-state index contributed by atoms with van der Waals surface area (Å²) in [6.07, 6.45) is 4.83. The molecule has 0 radical (unpaired) electrons. The molecule has 0 saturated carbocycles. The number of sulfonamides is 1. The number of anilines is 1. The Kier molecular flexibility index (Phi) is 6.24. The van der Waals surface area contributed by atoms with Crippen molar-refractivity contribution in [3.8, 4) is 0 Å². The highest BCUT2D eigenvalue weighted by Gasteiger charge is 2.30. The van der Waals surface area contributed by atoms with Gasteiger partial charge in [-0.25, -0.2) is 8.42 Å². The van der Waals surface area contributed by atoms with Crippen LogP contribution in [0.15, 0.2) is 58.3 Å². The van der Waals surface area contributed by atoms with Crippen LogP contribution in [0.1, 0.15) is 36.5 Å². The molecule has 1 fully saturated rings. The average molecular weight is 405 g/mol. The van der Waals surface area contributed by atoms with Crippen LogP contribution in [0, 0.1) is 0 Å².